The summed E-state index contributed by atoms with van der Waals surface area (Å²) in [7, 11) is 0. The highest BCUT2D eigenvalue weighted by atomic mass is 16.5. The zero-order valence-corrected chi connectivity index (χ0v) is 19.4. The summed E-state index contributed by atoms with van der Waals surface area (Å²) in [6, 6.07) is 20.4. The molecule has 0 fully saturated rings. The van der Waals surface area contributed by atoms with Crippen LogP contribution in [0.15, 0.2) is 81.7 Å². The summed E-state index contributed by atoms with van der Waals surface area (Å²) in [5.41, 5.74) is 2.63. The molecule has 0 radical (unpaired) electrons. The van der Waals surface area contributed by atoms with Crippen LogP contribution in [0.5, 0.6) is 0 Å². The van der Waals surface area contributed by atoms with E-state index in [9.17, 15) is 14.4 Å². The number of hydrogen-bond acceptors (Lipinski definition) is 9. The van der Waals surface area contributed by atoms with Crippen molar-refractivity contribution in [1.29, 1.82) is 0 Å². The van der Waals surface area contributed by atoms with Gasteiger partial charge in [-0.05, 0) is 13.0 Å². The van der Waals surface area contributed by atoms with Crippen LogP contribution in [0, 0.1) is 6.92 Å². The Hall–Kier alpha value is -5.18. The van der Waals surface area contributed by atoms with Crippen LogP contribution >= 0.6 is 0 Å². The first-order valence-corrected chi connectivity index (χ1v) is 11.4. The Morgan fingerprint density at radius 1 is 0.811 bits per heavy atom. The van der Waals surface area contributed by atoms with Gasteiger partial charge in [0.05, 0.1) is 5.56 Å². The number of ketones is 2. The fraction of sp³-hybridized carbons (Fsp3) is 0.0714. The van der Waals surface area contributed by atoms with E-state index >= 15 is 0 Å². The third kappa shape index (κ3) is 3.73. The van der Waals surface area contributed by atoms with Crippen LogP contribution in [0.25, 0.3) is 22.7 Å². The first-order chi connectivity index (χ1) is 18.0. The molecule has 37 heavy (non-hydrogen) atoms. The lowest BCUT2D eigenvalue weighted by Crippen LogP contribution is -2.24. The van der Waals surface area contributed by atoms with Crippen LogP contribution in [0.2, 0.25) is 0 Å². The van der Waals surface area contributed by atoms with Crippen LogP contribution in [0.1, 0.15) is 53.9 Å². The Morgan fingerprint density at radius 2 is 1.51 bits per heavy atom. The molecule has 0 aliphatic heterocycles. The lowest BCUT2D eigenvalue weighted by atomic mass is 9.82. The molecular formula is C28H17N3O6. The van der Waals surface area contributed by atoms with Gasteiger partial charge in [-0.3, -0.25) is 9.59 Å². The fourth-order valence-electron chi connectivity index (χ4n) is 4.35. The lowest BCUT2D eigenvalue weighted by Gasteiger charge is -2.19. The van der Waals surface area contributed by atoms with Crippen molar-refractivity contribution in [3.63, 3.8) is 0 Å². The Morgan fingerprint density at radius 3 is 2.30 bits per heavy atom. The highest BCUT2D eigenvalue weighted by Crippen LogP contribution is 2.34. The Bertz CT molecular complexity index is 1700. The number of carbonyl (C=O) groups excluding carboxylic acids is 3. The predicted octanol–water partition coefficient (Wildman–Crippen LogP) is 4.83. The van der Waals surface area contributed by atoms with E-state index in [2.05, 4.69) is 15.4 Å². The molecule has 0 amide bonds. The zero-order chi connectivity index (χ0) is 25.5. The van der Waals surface area contributed by atoms with E-state index in [0.717, 1.165) is 5.56 Å². The normalized spacial score (nSPS) is 12.2. The average Bonchev–Trinajstić information content (AvgIpc) is 3.56. The van der Waals surface area contributed by atoms with E-state index in [1.807, 2.05) is 30.3 Å². The second-order valence-electron chi connectivity index (χ2n) is 8.34. The highest BCUT2D eigenvalue weighted by Gasteiger charge is 2.33. The molecule has 3 aromatic carbocycles. The number of fused-ring (bicyclic) bond motifs is 2. The fourth-order valence-corrected chi connectivity index (χ4v) is 4.35. The molecule has 9 heteroatoms. The first-order valence-electron chi connectivity index (χ1n) is 11.4. The molecule has 1 aliphatic carbocycles. The number of nitrogens with zero attached hydrogens (tertiary/aromatic N) is 3. The van der Waals surface area contributed by atoms with Crippen molar-refractivity contribution >= 4 is 17.5 Å². The number of aromatic nitrogens is 3. The quantitative estimate of drug-likeness (QED) is 0.312. The summed E-state index contributed by atoms with van der Waals surface area (Å²) in [5, 5.41) is 12.1. The van der Waals surface area contributed by atoms with Gasteiger partial charge in [-0.2, -0.15) is 0 Å². The van der Waals surface area contributed by atoms with E-state index < -0.39 is 11.8 Å². The van der Waals surface area contributed by atoms with Crippen LogP contribution in [-0.2, 0) is 11.3 Å². The van der Waals surface area contributed by atoms with Gasteiger partial charge in [0.2, 0.25) is 0 Å². The predicted molar refractivity (Wildman–Crippen MR) is 129 cm³/mol. The Balaban J connectivity index is 1.25. The molecule has 0 N–H and O–H groups in total. The molecule has 0 saturated heterocycles. The summed E-state index contributed by atoms with van der Waals surface area (Å²) in [5.74, 6) is -0.818. The van der Waals surface area contributed by atoms with Crippen molar-refractivity contribution in [3.8, 4) is 22.7 Å². The van der Waals surface area contributed by atoms with Crippen LogP contribution < -0.4 is 0 Å². The number of esters is 1. The Kier molecular flexibility index (Phi) is 5.30. The largest absolute Gasteiger partial charge is 0.452 e. The monoisotopic (exact) mass is 491 g/mol. The van der Waals surface area contributed by atoms with Gasteiger partial charge in [0.25, 0.3) is 11.8 Å². The molecule has 0 atom stereocenters. The second kappa shape index (κ2) is 8.80. The maximum atomic E-state index is 13.2. The van der Waals surface area contributed by atoms with Crippen LogP contribution in [0.4, 0.5) is 0 Å². The molecule has 1 aliphatic rings. The number of ether oxygens (including phenoxy) is 1. The maximum absolute atomic E-state index is 13.2. The van der Waals surface area contributed by atoms with Gasteiger partial charge < -0.3 is 13.7 Å². The summed E-state index contributed by atoms with van der Waals surface area (Å²) >= 11 is 0. The number of carbonyl (C=O) groups is 3. The summed E-state index contributed by atoms with van der Waals surface area (Å²) in [6.45, 7) is 1.40. The van der Waals surface area contributed by atoms with Gasteiger partial charge in [0, 0.05) is 27.8 Å². The molecule has 0 unspecified atom stereocenters. The molecule has 0 bridgehead atoms. The molecule has 2 aromatic heterocycles. The first kappa shape index (κ1) is 22.3. The van der Waals surface area contributed by atoms with E-state index in [4.69, 9.17) is 13.7 Å². The summed E-state index contributed by atoms with van der Waals surface area (Å²) < 4.78 is 16.5. The SMILES string of the molecule is Cc1onc(-c2ccccc2)c1-c1nnc(COC(=O)c2cccc3c2C(=O)c2ccccc2C3=O)o1. The summed E-state index contributed by atoms with van der Waals surface area (Å²) in [4.78, 5) is 39.1. The van der Waals surface area contributed by atoms with Crippen molar-refractivity contribution in [3.05, 3.63) is 112 Å². The molecule has 0 saturated carbocycles. The smallest absolute Gasteiger partial charge is 0.339 e. The van der Waals surface area contributed by atoms with E-state index in [0.29, 0.717) is 22.6 Å². The standard InChI is InChI=1S/C28H17N3O6/c1-15-22(24(31-37-15)16-8-3-2-4-9-16)27-30-29-21(36-27)14-35-28(34)20-13-7-12-19-23(20)26(33)18-11-6-5-10-17(18)25(19)32/h2-13H,14H2,1H3. The third-order valence-corrected chi connectivity index (χ3v) is 6.09. The highest BCUT2D eigenvalue weighted by molar-refractivity contribution is 6.30. The van der Waals surface area contributed by atoms with Crippen molar-refractivity contribution < 1.29 is 28.1 Å². The molecule has 2 heterocycles. The van der Waals surface area contributed by atoms with Gasteiger partial charge >= 0.3 is 5.97 Å². The molecule has 9 nitrogen and oxygen atoms in total. The van der Waals surface area contributed by atoms with E-state index in [-0.39, 0.29) is 46.4 Å². The zero-order valence-electron chi connectivity index (χ0n) is 19.4. The molecule has 6 rings (SSSR count). The van der Waals surface area contributed by atoms with Crippen LogP contribution in [0.3, 0.4) is 0 Å². The third-order valence-electron chi connectivity index (χ3n) is 6.09. The van der Waals surface area contributed by atoms with Gasteiger partial charge in [-0.1, -0.05) is 71.9 Å². The van der Waals surface area contributed by atoms with Gasteiger partial charge in [0.15, 0.2) is 18.2 Å². The molecule has 180 valence electrons. The topological polar surface area (TPSA) is 125 Å². The van der Waals surface area contributed by atoms with E-state index in [1.54, 1.807) is 37.3 Å². The van der Waals surface area contributed by atoms with Gasteiger partial charge in [-0.25, -0.2) is 4.79 Å². The number of rotatable bonds is 5. The minimum Gasteiger partial charge on any atom is -0.452 e. The minimum absolute atomic E-state index is 0.00802. The number of hydrogen-bond donors (Lipinski definition) is 0. The Labute approximate surface area is 209 Å². The van der Waals surface area contributed by atoms with Crippen molar-refractivity contribution in [1.82, 2.24) is 15.4 Å². The van der Waals surface area contributed by atoms with Crippen molar-refractivity contribution in [2.45, 2.75) is 13.5 Å². The van der Waals surface area contributed by atoms with E-state index in [1.165, 1.54) is 12.1 Å². The maximum Gasteiger partial charge on any atom is 0.339 e. The van der Waals surface area contributed by atoms with Crippen molar-refractivity contribution in [2.75, 3.05) is 0 Å². The lowest BCUT2D eigenvalue weighted by molar-refractivity contribution is 0.0436. The summed E-state index contributed by atoms with van der Waals surface area (Å²) in [6.07, 6.45) is 0. The molecular weight excluding hydrogens is 474 g/mol. The molecule has 0 spiro atoms. The second-order valence-corrected chi connectivity index (χ2v) is 8.34. The average molecular weight is 491 g/mol. The minimum atomic E-state index is -0.789. The van der Waals surface area contributed by atoms with Crippen LogP contribution in [-0.4, -0.2) is 32.9 Å². The molecule has 5 aromatic rings. The van der Waals surface area contributed by atoms with Gasteiger partial charge in [0.1, 0.15) is 17.0 Å². The number of benzene rings is 3. The van der Waals surface area contributed by atoms with Crippen molar-refractivity contribution in [2.24, 2.45) is 0 Å². The number of aryl methyl sites for hydroxylation is 1. The van der Waals surface area contributed by atoms with Gasteiger partial charge in [-0.15, -0.1) is 10.2 Å².